The molecule has 0 spiro atoms. The van der Waals surface area contributed by atoms with Gasteiger partial charge in [0.2, 0.25) is 0 Å². The number of hydrogen-bond donors (Lipinski definition) is 2. The summed E-state index contributed by atoms with van der Waals surface area (Å²) in [6, 6.07) is 10.6. The summed E-state index contributed by atoms with van der Waals surface area (Å²) >= 11 is 0. The second-order valence-corrected chi connectivity index (χ2v) is 5.53. The molecule has 19 heavy (non-hydrogen) atoms. The third-order valence-electron chi connectivity index (χ3n) is 3.98. The summed E-state index contributed by atoms with van der Waals surface area (Å²) in [6.45, 7) is 5.55. The first-order chi connectivity index (χ1) is 9.33. The zero-order valence-corrected chi connectivity index (χ0v) is 11.5. The zero-order valence-electron chi connectivity index (χ0n) is 11.5. The molecule has 2 N–H and O–H groups in total. The van der Waals surface area contributed by atoms with E-state index >= 15 is 0 Å². The van der Waals surface area contributed by atoms with E-state index in [1.165, 1.54) is 24.8 Å². The van der Waals surface area contributed by atoms with Gasteiger partial charge in [-0.3, -0.25) is 0 Å². The second kappa shape index (κ2) is 5.76. The van der Waals surface area contributed by atoms with Crippen LogP contribution in [0.3, 0.4) is 0 Å². The second-order valence-electron chi connectivity index (χ2n) is 5.53. The lowest BCUT2D eigenvalue weighted by molar-refractivity contribution is 0.337. The maximum absolute atomic E-state index is 5.89. The maximum atomic E-state index is 5.89. The number of furan rings is 1. The van der Waals surface area contributed by atoms with Gasteiger partial charge < -0.3 is 15.1 Å². The van der Waals surface area contributed by atoms with Crippen molar-refractivity contribution >= 4 is 11.0 Å². The molecule has 0 radical (unpaired) electrons. The molecule has 0 aliphatic carbocycles. The largest absolute Gasteiger partial charge is 0.459 e. The van der Waals surface area contributed by atoms with Gasteiger partial charge >= 0.3 is 0 Å². The lowest BCUT2D eigenvalue weighted by Gasteiger charge is -2.24. The van der Waals surface area contributed by atoms with Gasteiger partial charge in [0.05, 0.1) is 6.04 Å². The van der Waals surface area contributed by atoms with Gasteiger partial charge in [0, 0.05) is 5.39 Å². The van der Waals surface area contributed by atoms with Crippen LogP contribution in [0.5, 0.6) is 0 Å². The van der Waals surface area contributed by atoms with Crippen LogP contribution in [0.4, 0.5) is 0 Å². The van der Waals surface area contributed by atoms with Crippen LogP contribution in [-0.4, -0.2) is 19.6 Å². The smallest absolute Gasteiger partial charge is 0.134 e. The average molecular weight is 258 g/mol. The van der Waals surface area contributed by atoms with E-state index in [1.54, 1.807) is 0 Å². The van der Waals surface area contributed by atoms with Gasteiger partial charge in [0.15, 0.2) is 0 Å². The third-order valence-corrected chi connectivity index (χ3v) is 3.98. The molecule has 1 fully saturated rings. The van der Waals surface area contributed by atoms with Crippen molar-refractivity contribution in [3.63, 3.8) is 0 Å². The summed E-state index contributed by atoms with van der Waals surface area (Å²) in [6.07, 6.45) is 2.62. The van der Waals surface area contributed by atoms with Crippen molar-refractivity contribution in [2.75, 3.05) is 19.6 Å². The SMILES string of the molecule is CC(NCC1CCCNC1)c1cc2ccccc2o1. The number of fused-ring (bicyclic) bond motifs is 1. The Balaban J connectivity index is 1.61. The Hall–Kier alpha value is -1.32. The zero-order chi connectivity index (χ0) is 13.1. The molecule has 3 heteroatoms. The third kappa shape index (κ3) is 2.99. The van der Waals surface area contributed by atoms with Crippen LogP contribution in [0.15, 0.2) is 34.7 Å². The summed E-state index contributed by atoms with van der Waals surface area (Å²) in [4.78, 5) is 0. The standard InChI is InChI=1S/C16H22N2O/c1-12(18-11-13-5-4-8-17-10-13)16-9-14-6-2-3-7-15(14)19-16/h2-3,6-7,9,12-13,17-18H,4-5,8,10-11H2,1H3. The van der Waals surface area contributed by atoms with E-state index in [9.17, 15) is 0 Å². The quantitative estimate of drug-likeness (QED) is 0.885. The van der Waals surface area contributed by atoms with Gasteiger partial charge in [0.25, 0.3) is 0 Å². The first-order valence-electron chi connectivity index (χ1n) is 7.25. The van der Waals surface area contributed by atoms with Crippen LogP contribution in [0.2, 0.25) is 0 Å². The van der Waals surface area contributed by atoms with Gasteiger partial charge in [-0.05, 0) is 57.5 Å². The number of hydrogen-bond acceptors (Lipinski definition) is 3. The predicted octanol–water partition coefficient (Wildman–Crippen LogP) is 3.08. The Kier molecular flexibility index (Phi) is 3.85. The molecule has 2 heterocycles. The molecule has 1 aromatic heterocycles. The lowest BCUT2D eigenvalue weighted by atomic mass is 9.99. The number of para-hydroxylation sites is 1. The molecule has 102 valence electrons. The highest BCUT2D eigenvalue weighted by Gasteiger charge is 2.16. The van der Waals surface area contributed by atoms with Crippen molar-refractivity contribution in [1.29, 1.82) is 0 Å². The molecule has 0 bridgehead atoms. The summed E-state index contributed by atoms with van der Waals surface area (Å²) in [5.41, 5.74) is 0.977. The fraction of sp³-hybridized carbons (Fsp3) is 0.500. The van der Waals surface area contributed by atoms with Gasteiger partial charge in [0.1, 0.15) is 11.3 Å². The van der Waals surface area contributed by atoms with Crippen LogP contribution < -0.4 is 10.6 Å². The summed E-state index contributed by atoms with van der Waals surface area (Å²) in [5.74, 6) is 1.78. The molecule has 2 aromatic rings. The van der Waals surface area contributed by atoms with Crippen molar-refractivity contribution in [1.82, 2.24) is 10.6 Å². The first kappa shape index (κ1) is 12.7. The van der Waals surface area contributed by atoms with E-state index in [1.807, 2.05) is 18.2 Å². The van der Waals surface area contributed by atoms with Crippen molar-refractivity contribution in [2.45, 2.75) is 25.8 Å². The van der Waals surface area contributed by atoms with E-state index in [0.29, 0.717) is 0 Å². The number of nitrogens with one attached hydrogen (secondary N) is 2. The highest BCUT2D eigenvalue weighted by Crippen LogP contribution is 2.23. The van der Waals surface area contributed by atoms with Gasteiger partial charge in [-0.25, -0.2) is 0 Å². The Morgan fingerprint density at radius 3 is 3.11 bits per heavy atom. The number of piperidine rings is 1. The van der Waals surface area contributed by atoms with E-state index in [0.717, 1.165) is 30.4 Å². The molecule has 0 saturated carbocycles. The minimum atomic E-state index is 0.273. The van der Waals surface area contributed by atoms with Crippen molar-refractivity contribution in [3.8, 4) is 0 Å². The van der Waals surface area contributed by atoms with E-state index in [-0.39, 0.29) is 6.04 Å². The normalized spacial score (nSPS) is 21.6. The molecule has 2 unspecified atom stereocenters. The van der Waals surface area contributed by atoms with E-state index < -0.39 is 0 Å². The topological polar surface area (TPSA) is 37.2 Å². The molecular weight excluding hydrogens is 236 g/mol. The Morgan fingerprint density at radius 1 is 1.42 bits per heavy atom. The predicted molar refractivity (Wildman–Crippen MR) is 78.2 cm³/mol. The molecule has 2 atom stereocenters. The summed E-state index contributed by atoms with van der Waals surface area (Å²) in [5, 5.41) is 8.24. The van der Waals surface area contributed by atoms with Crippen molar-refractivity contribution in [3.05, 3.63) is 36.1 Å². The van der Waals surface area contributed by atoms with Gasteiger partial charge in [-0.1, -0.05) is 18.2 Å². The maximum Gasteiger partial charge on any atom is 0.134 e. The molecule has 1 aliphatic heterocycles. The molecule has 1 aromatic carbocycles. The minimum absolute atomic E-state index is 0.273. The van der Waals surface area contributed by atoms with Crippen LogP contribution in [0.1, 0.15) is 31.6 Å². The van der Waals surface area contributed by atoms with Crippen molar-refractivity contribution in [2.24, 2.45) is 5.92 Å². The van der Waals surface area contributed by atoms with E-state index in [2.05, 4.69) is 29.7 Å². The van der Waals surface area contributed by atoms with Crippen LogP contribution in [0, 0.1) is 5.92 Å². The molecular formula is C16H22N2O. The highest BCUT2D eigenvalue weighted by atomic mass is 16.3. The van der Waals surface area contributed by atoms with Gasteiger partial charge in [-0.2, -0.15) is 0 Å². The Bertz CT molecular complexity index is 495. The molecule has 3 rings (SSSR count). The van der Waals surface area contributed by atoms with Crippen LogP contribution >= 0.6 is 0 Å². The molecule has 0 amide bonds. The Labute approximate surface area is 114 Å². The lowest BCUT2D eigenvalue weighted by Crippen LogP contribution is -2.36. The van der Waals surface area contributed by atoms with Crippen molar-refractivity contribution < 1.29 is 4.42 Å². The highest BCUT2D eigenvalue weighted by molar-refractivity contribution is 5.77. The fourth-order valence-electron chi connectivity index (χ4n) is 2.76. The molecule has 1 saturated heterocycles. The van der Waals surface area contributed by atoms with Crippen LogP contribution in [0.25, 0.3) is 11.0 Å². The number of benzene rings is 1. The molecule has 3 nitrogen and oxygen atoms in total. The monoisotopic (exact) mass is 258 g/mol. The fourth-order valence-corrected chi connectivity index (χ4v) is 2.76. The minimum Gasteiger partial charge on any atom is -0.459 e. The van der Waals surface area contributed by atoms with Gasteiger partial charge in [-0.15, -0.1) is 0 Å². The van der Waals surface area contributed by atoms with Crippen LogP contribution in [-0.2, 0) is 0 Å². The summed E-state index contributed by atoms with van der Waals surface area (Å²) < 4.78 is 5.89. The molecule has 1 aliphatic rings. The first-order valence-corrected chi connectivity index (χ1v) is 7.25. The Morgan fingerprint density at radius 2 is 2.32 bits per heavy atom. The van der Waals surface area contributed by atoms with E-state index in [4.69, 9.17) is 4.42 Å². The number of rotatable bonds is 4. The average Bonchev–Trinajstić information content (AvgIpc) is 2.90. The summed E-state index contributed by atoms with van der Waals surface area (Å²) in [7, 11) is 0.